The summed E-state index contributed by atoms with van der Waals surface area (Å²) >= 11 is 0. The predicted octanol–water partition coefficient (Wildman–Crippen LogP) is 6.09. The molecule has 0 bridgehead atoms. The van der Waals surface area contributed by atoms with Crippen LogP contribution in [0, 0.1) is 35.0 Å². The number of rotatable bonds is 4. The Kier molecular flexibility index (Phi) is 6.99. The predicted molar refractivity (Wildman–Crippen MR) is 100 cm³/mol. The Hall–Kier alpha value is -0.0400. The molecule has 1 aliphatic rings. The summed E-state index contributed by atoms with van der Waals surface area (Å²) in [5, 5.41) is 0. The van der Waals surface area contributed by atoms with Crippen molar-refractivity contribution in [3.8, 4) is 0 Å². The molecule has 1 saturated heterocycles. The fourth-order valence-electron chi connectivity index (χ4n) is 4.30. The summed E-state index contributed by atoms with van der Waals surface area (Å²) in [5.74, 6) is 4.01. The van der Waals surface area contributed by atoms with Gasteiger partial charge in [-0.05, 0) is 68.2 Å². The molecule has 1 aliphatic heterocycles. The summed E-state index contributed by atoms with van der Waals surface area (Å²) in [6, 6.07) is 1.44. The van der Waals surface area contributed by atoms with Gasteiger partial charge in [0.05, 0.1) is 0 Å². The van der Waals surface area contributed by atoms with Crippen LogP contribution in [0.15, 0.2) is 0 Å². The second-order valence-corrected chi connectivity index (χ2v) is 9.71. The van der Waals surface area contributed by atoms with Gasteiger partial charge < -0.3 is 4.90 Å². The number of likely N-dealkylation sites (tertiary alicyclic amines) is 1. The average molecular weight is 310 g/mol. The second-order valence-electron chi connectivity index (χ2n) is 9.71. The zero-order valence-corrected chi connectivity index (χ0v) is 17.1. The lowest BCUT2D eigenvalue weighted by atomic mass is 9.63. The maximum Gasteiger partial charge on any atom is 0.0121 e. The van der Waals surface area contributed by atoms with Gasteiger partial charge in [-0.25, -0.2) is 0 Å². The Morgan fingerprint density at radius 3 is 1.82 bits per heavy atom. The van der Waals surface area contributed by atoms with Crippen LogP contribution in [0.25, 0.3) is 0 Å². The molecular weight excluding hydrogens is 266 g/mol. The number of hydrogen-bond acceptors (Lipinski definition) is 1. The van der Waals surface area contributed by atoms with E-state index in [0.29, 0.717) is 11.5 Å². The van der Waals surface area contributed by atoms with Crippen LogP contribution in [0.4, 0.5) is 0 Å². The zero-order valence-electron chi connectivity index (χ0n) is 17.1. The van der Waals surface area contributed by atoms with E-state index in [1.807, 2.05) is 0 Å². The van der Waals surface area contributed by atoms with E-state index in [1.165, 1.54) is 19.3 Å². The first-order valence-corrected chi connectivity index (χ1v) is 9.70. The number of nitrogens with zero attached hydrogens (tertiary/aromatic N) is 1. The highest BCUT2D eigenvalue weighted by atomic mass is 15.2. The molecule has 0 saturated carbocycles. The van der Waals surface area contributed by atoms with Gasteiger partial charge in [-0.3, -0.25) is 0 Å². The molecule has 1 fully saturated rings. The summed E-state index contributed by atoms with van der Waals surface area (Å²) in [4.78, 5) is 2.70. The summed E-state index contributed by atoms with van der Waals surface area (Å²) in [7, 11) is 2.37. The molecule has 22 heavy (non-hydrogen) atoms. The highest BCUT2D eigenvalue weighted by Crippen LogP contribution is 2.45. The topological polar surface area (TPSA) is 3.24 Å². The van der Waals surface area contributed by atoms with Crippen molar-refractivity contribution in [2.45, 2.75) is 93.7 Å². The molecule has 0 aliphatic carbocycles. The van der Waals surface area contributed by atoms with Crippen LogP contribution in [0.1, 0.15) is 81.6 Å². The third-order valence-corrected chi connectivity index (χ3v) is 7.23. The quantitative estimate of drug-likeness (QED) is 0.607. The summed E-state index contributed by atoms with van der Waals surface area (Å²) in [6.45, 7) is 22.0. The Morgan fingerprint density at radius 2 is 1.41 bits per heavy atom. The van der Waals surface area contributed by atoms with Crippen LogP contribution < -0.4 is 0 Å². The fraction of sp³-hybridized carbons (Fsp3) is 1.00. The van der Waals surface area contributed by atoms with Gasteiger partial charge in [-0.1, -0.05) is 55.4 Å². The Bertz CT molecular complexity index is 329. The lowest BCUT2D eigenvalue weighted by Gasteiger charge is -2.48. The van der Waals surface area contributed by atoms with Gasteiger partial charge in [0.1, 0.15) is 0 Å². The summed E-state index contributed by atoms with van der Waals surface area (Å²) in [6.07, 6.45) is 4.15. The standard InChI is InChI=1S/C21H43N/c1-14(2)18-12-19(21(8,9)16(5)6)11-17(7)22(10)20(13-18)15(3)4/h14-20H,11-13H2,1-10H3. The van der Waals surface area contributed by atoms with Crippen molar-refractivity contribution in [3.05, 3.63) is 0 Å². The lowest BCUT2D eigenvalue weighted by molar-refractivity contribution is 0.0154. The van der Waals surface area contributed by atoms with Gasteiger partial charge in [-0.2, -0.15) is 0 Å². The van der Waals surface area contributed by atoms with Crippen LogP contribution in [0.3, 0.4) is 0 Å². The third-order valence-electron chi connectivity index (χ3n) is 7.23. The average Bonchev–Trinajstić information content (AvgIpc) is 2.38. The largest absolute Gasteiger partial charge is 0.300 e. The van der Waals surface area contributed by atoms with E-state index in [-0.39, 0.29) is 0 Å². The minimum absolute atomic E-state index is 0.437. The van der Waals surface area contributed by atoms with Crippen molar-refractivity contribution in [2.24, 2.45) is 35.0 Å². The molecule has 4 unspecified atom stereocenters. The zero-order chi connectivity index (χ0) is 17.2. The minimum Gasteiger partial charge on any atom is -0.300 e. The van der Waals surface area contributed by atoms with Gasteiger partial charge in [0.15, 0.2) is 0 Å². The van der Waals surface area contributed by atoms with Crippen LogP contribution >= 0.6 is 0 Å². The molecule has 0 spiro atoms. The molecule has 0 aromatic rings. The van der Waals surface area contributed by atoms with Crippen molar-refractivity contribution in [3.63, 3.8) is 0 Å². The highest BCUT2D eigenvalue weighted by Gasteiger charge is 2.39. The molecule has 1 heteroatoms. The van der Waals surface area contributed by atoms with Gasteiger partial charge in [0.25, 0.3) is 0 Å². The first kappa shape index (κ1) is 20.0. The third kappa shape index (κ3) is 4.49. The lowest BCUT2D eigenvalue weighted by Crippen LogP contribution is -2.48. The molecule has 1 heterocycles. The Morgan fingerprint density at radius 1 is 0.864 bits per heavy atom. The van der Waals surface area contributed by atoms with Crippen LogP contribution in [-0.2, 0) is 0 Å². The van der Waals surface area contributed by atoms with Crippen LogP contribution in [0.5, 0.6) is 0 Å². The van der Waals surface area contributed by atoms with Crippen molar-refractivity contribution in [1.82, 2.24) is 4.90 Å². The van der Waals surface area contributed by atoms with Gasteiger partial charge in [0.2, 0.25) is 0 Å². The normalized spacial score (nSPS) is 32.6. The highest BCUT2D eigenvalue weighted by molar-refractivity contribution is 4.91. The van der Waals surface area contributed by atoms with Gasteiger partial charge in [-0.15, -0.1) is 0 Å². The first-order chi connectivity index (χ1) is 9.98. The molecule has 132 valence electrons. The molecule has 0 aromatic heterocycles. The van der Waals surface area contributed by atoms with E-state index in [2.05, 4.69) is 74.3 Å². The van der Waals surface area contributed by atoms with Gasteiger partial charge in [0, 0.05) is 12.1 Å². The van der Waals surface area contributed by atoms with Crippen molar-refractivity contribution in [2.75, 3.05) is 7.05 Å². The van der Waals surface area contributed by atoms with E-state index < -0.39 is 0 Å². The molecule has 0 N–H and O–H groups in total. The monoisotopic (exact) mass is 309 g/mol. The van der Waals surface area contributed by atoms with Crippen molar-refractivity contribution < 1.29 is 0 Å². The Balaban J connectivity index is 3.07. The van der Waals surface area contributed by atoms with E-state index in [4.69, 9.17) is 0 Å². The van der Waals surface area contributed by atoms with E-state index in [9.17, 15) is 0 Å². The maximum absolute atomic E-state index is 2.70. The second kappa shape index (κ2) is 7.69. The molecular formula is C21H43N. The summed E-state index contributed by atoms with van der Waals surface area (Å²) < 4.78 is 0. The SMILES string of the molecule is CC(C)C1CC(C(C)C)N(C)C(C)CC(C(C)(C)C(C)C)C1. The van der Waals surface area contributed by atoms with E-state index in [1.54, 1.807) is 0 Å². The molecule has 0 aromatic carbocycles. The van der Waals surface area contributed by atoms with Crippen LogP contribution in [-0.4, -0.2) is 24.0 Å². The van der Waals surface area contributed by atoms with Gasteiger partial charge >= 0.3 is 0 Å². The van der Waals surface area contributed by atoms with Crippen molar-refractivity contribution >= 4 is 0 Å². The number of hydrogen-bond donors (Lipinski definition) is 0. The Labute approximate surface area is 141 Å². The maximum atomic E-state index is 2.70. The van der Waals surface area contributed by atoms with Crippen molar-refractivity contribution in [1.29, 1.82) is 0 Å². The molecule has 0 amide bonds. The molecule has 1 rings (SSSR count). The fourth-order valence-corrected chi connectivity index (χ4v) is 4.30. The van der Waals surface area contributed by atoms with E-state index in [0.717, 1.165) is 35.6 Å². The smallest absolute Gasteiger partial charge is 0.0121 e. The molecule has 4 atom stereocenters. The minimum atomic E-state index is 0.437. The first-order valence-electron chi connectivity index (χ1n) is 9.70. The molecule has 0 radical (unpaired) electrons. The summed E-state index contributed by atoms with van der Waals surface area (Å²) in [5.41, 5.74) is 0.437. The molecule has 1 nitrogen and oxygen atoms in total. The van der Waals surface area contributed by atoms with Crippen LogP contribution in [0.2, 0.25) is 0 Å². The van der Waals surface area contributed by atoms with E-state index >= 15 is 0 Å².